The number of amides is 1. The molecule has 1 saturated heterocycles. The highest BCUT2D eigenvalue weighted by Crippen LogP contribution is 2.11. The lowest BCUT2D eigenvalue weighted by atomic mass is 10.1. The number of likely N-dealkylation sites (tertiary alicyclic amines) is 1. The standard InChI is InChI=1S/C9H18N2O3S/c1-3-9(12)11-6-4-5-8(7-11)10-15(2,13)14/h8,10H,3-7H2,1-2H3/t8-/m1/s1. The number of piperidine rings is 1. The molecule has 1 rings (SSSR count). The third-order valence-corrected chi connectivity index (χ3v) is 3.22. The minimum atomic E-state index is -3.17. The summed E-state index contributed by atoms with van der Waals surface area (Å²) in [5.41, 5.74) is 0. The zero-order valence-electron chi connectivity index (χ0n) is 9.19. The highest BCUT2D eigenvalue weighted by atomic mass is 32.2. The fourth-order valence-corrected chi connectivity index (χ4v) is 2.62. The molecule has 0 aliphatic carbocycles. The summed E-state index contributed by atoms with van der Waals surface area (Å²) in [6.07, 6.45) is 3.29. The van der Waals surface area contributed by atoms with E-state index in [4.69, 9.17) is 0 Å². The summed E-state index contributed by atoms with van der Waals surface area (Å²) in [4.78, 5) is 13.2. The van der Waals surface area contributed by atoms with Crippen molar-refractivity contribution in [3.8, 4) is 0 Å². The van der Waals surface area contributed by atoms with Gasteiger partial charge in [-0.25, -0.2) is 13.1 Å². The molecule has 0 aromatic rings. The summed E-state index contributed by atoms with van der Waals surface area (Å²) in [5, 5.41) is 0. The van der Waals surface area contributed by atoms with E-state index in [1.807, 2.05) is 6.92 Å². The molecule has 1 fully saturated rings. The highest BCUT2D eigenvalue weighted by Gasteiger charge is 2.24. The van der Waals surface area contributed by atoms with E-state index in [1.165, 1.54) is 0 Å². The molecule has 0 aromatic heterocycles. The van der Waals surface area contributed by atoms with Crippen molar-refractivity contribution in [3.63, 3.8) is 0 Å². The van der Waals surface area contributed by atoms with E-state index in [0.717, 1.165) is 25.6 Å². The Hall–Kier alpha value is -0.620. The summed E-state index contributed by atoms with van der Waals surface area (Å²) in [6, 6.07) is -0.121. The smallest absolute Gasteiger partial charge is 0.222 e. The number of nitrogens with zero attached hydrogens (tertiary/aromatic N) is 1. The second-order valence-electron chi connectivity index (χ2n) is 3.92. The van der Waals surface area contributed by atoms with Crippen LogP contribution < -0.4 is 4.72 Å². The fraction of sp³-hybridized carbons (Fsp3) is 0.889. The number of rotatable bonds is 3. The average Bonchev–Trinajstić information content (AvgIpc) is 2.14. The first-order valence-electron chi connectivity index (χ1n) is 5.17. The molecule has 0 saturated carbocycles. The molecule has 5 nitrogen and oxygen atoms in total. The third kappa shape index (κ3) is 4.17. The number of carbonyl (C=O) groups is 1. The van der Waals surface area contributed by atoms with E-state index in [2.05, 4.69) is 4.72 Å². The Kier molecular flexibility index (Phi) is 4.10. The van der Waals surface area contributed by atoms with Gasteiger partial charge in [0.05, 0.1) is 6.26 Å². The first kappa shape index (κ1) is 12.4. The predicted molar refractivity (Wildman–Crippen MR) is 57.9 cm³/mol. The number of sulfonamides is 1. The minimum absolute atomic E-state index is 0.0926. The molecule has 1 amide bonds. The lowest BCUT2D eigenvalue weighted by Gasteiger charge is -2.32. The Morgan fingerprint density at radius 2 is 2.20 bits per heavy atom. The van der Waals surface area contributed by atoms with Crippen LogP contribution in [0.15, 0.2) is 0 Å². The van der Waals surface area contributed by atoms with E-state index in [1.54, 1.807) is 4.90 Å². The van der Waals surface area contributed by atoms with Crippen LogP contribution in [0.2, 0.25) is 0 Å². The summed E-state index contributed by atoms with van der Waals surface area (Å²) >= 11 is 0. The largest absolute Gasteiger partial charge is 0.341 e. The van der Waals surface area contributed by atoms with Gasteiger partial charge in [0.25, 0.3) is 0 Å². The van der Waals surface area contributed by atoms with Crippen LogP contribution in [0.4, 0.5) is 0 Å². The zero-order chi connectivity index (χ0) is 11.5. The Morgan fingerprint density at radius 1 is 1.53 bits per heavy atom. The van der Waals surface area contributed by atoms with Gasteiger partial charge in [0, 0.05) is 25.6 Å². The first-order chi connectivity index (χ1) is 6.92. The van der Waals surface area contributed by atoms with Crippen LogP contribution in [0, 0.1) is 0 Å². The van der Waals surface area contributed by atoms with Gasteiger partial charge in [-0.3, -0.25) is 4.79 Å². The van der Waals surface area contributed by atoms with E-state index < -0.39 is 10.0 Å². The first-order valence-corrected chi connectivity index (χ1v) is 7.06. The van der Waals surface area contributed by atoms with E-state index >= 15 is 0 Å². The van der Waals surface area contributed by atoms with Crippen molar-refractivity contribution < 1.29 is 13.2 Å². The van der Waals surface area contributed by atoms with Crippen LogP contribution >= 0.6 is 0 Å². The van der Waals surface area contributed by atoms with Crippen molar-refractivity contribution in [3.05, 3.63) is 0 Å². The number of hydrogen-bond donors (Lipinski definition) is 1. The molecule has 0 unspecified atom stereocenters. The van der Waals surface area contributed by atoms with Gasteiger partial charge in [0.2, 0.25) is 15.9 Å². The van der Waals surface area contributed by atoms with Gasteiger partial charge in [-0.1, -0.05) is 6.92 Å². The molecule has 1 aliphatic rings. The molecule has 6 heteroatoms. The van der Waals surface area contributed by atoms with Gasteiger partial charge in [-0.2, -0.15) is 0 Å². The molecule has 0 bridgehead atoms. The van der Waals surface area contributed by atoms with Crippen LogP contribution in [0.25, 0.3) is 0 Å². The molecular formula is C9H18N2O3S. The lowest BCUT2D eigenvalue weighted by Crippen LogP contribution is -2.49. The molecular weight excluding hydrogens is 216 g/mol. The summed E-state index contributed by atoms with van der Waals surface area (Å²) in [6.45, 7) is 3.06. The molecule has 0 radical (unpaired) electrons. The van der Waals surface area contributed by atoms with E-state index in [9.17, 15) is 13.2 Å². The van der Waals surface area contributed by atoms with Crippen LogP contribution in [0.1, 0.15) is 26.2 Å². The quantitative estimate of drug-likeness (QED) is 0.743. The van der Waals surface area contributed by atoms with Crippen molar-refractivity contribution in [2.75, 3.05) is 19.3 Å². The van der Waals surface area contributed by atoms with Crippen LogP contribution in [-0.2, 0) is 14.8 Å². The van der Waals surface area contributed by atoms with Gasteiger partial charge in [0.1, 0.15) is 0 Å². The van der Waals surface area contributed by atoms with Crippen molar-refractivity contribution in [1.29, 1.82) is 0 Å². The summed E-state index contributed by atoms with van der Waals surface area (Å²) in [5.74, 6) is 0.0926. The topological polar surface area (TPSA) is 66.5 Å². The number of nitrogens with one attached hydrogen (secondary N) is 1. The van der Waals surface area contributed by atoms with Crippen LogP contribution in [0.3, 0.4) is 0 Å². The molecule has 0 aromatic carbocycles. The molecule has 1 N–H and O–H groups in total. The maximum absolute atomic E-state index is 11.4. The monoisotopic (exact) mass is 234 g/mol. The maximum atomic E-state index is 11.4. The number of hydrogen-bond acceptors (Lipinski definition) is 3. The van der Waals surface area contributed by atoms with Crippen molar-refractivity contribution >= 4 is 15.9 Å². The number of carbonyl (C=O) groups excluding carboxylic acids is 1. The molecule has 0 spiro atoms. The Bertz CT molecular complexity index is 326. The van der Waals surface area contributed by atoms with Crippen molar-refractivity contribution in [2.45, 2.75) is 32.2 Å². The Balaban J connectivity index is 2.53. The zero-order valence-corrected chi connectivity index (χ0v) is 10.0. The summed E-state index contributed by atoms with van der Waals surface area (Å²) < 4.78 is 24.6. The van der Waals surface area contributed by atoms with Crippen LogP contribution in [0.5, 0.6) is 0 Å². The van der Waals surface area contributed by atoms with E-state index in [0.29, 0.717) is 13.0 Å². The lowest BCUT2D eigenvalue weighted by molar-refractivity contribution is -0.132. The average molecular weight is 234 g/mol. The van der Waals surface area contributed by atoms with Crippen molar-refractivity contribution in [1.82, 2.24) is 9.62 Å². The summed E-state index contributed by atoms with van der Waals surface area (Å²) in [7, 11) is -3.17. The van der Waals surface area contributed by atoms with Gasteiger partial charge in [0.15, 0.2) is 0 Å². The predicted octanol–water partition coefficient (Wildman–Crippen LogP) is -0.0634. The van der Waals surface area contributed by atoms with Gasteiger partial charge in [-0.05, 0) is 12.8 Å². The highest BCUT2D eigenvalue weighted by molar-refractivity contribution is 7.88. The molecule has 88 valence electrons. The molecule has 1 atom stereocenters. The second kappa shape index (κ2) is 4.94. The van der Waals surface area contributed by atoms with Crippen LogP contribution in [-0.4, -0.2) is 44.6 Å². The normalized spacial score (nSPS) is 22.8. The Morgan fingerprint density at radius 3 is 2.73 bits per heavy atom. The van der Waals surface area contributed by atoms with Crippen molar-refractivity contribution in [2.24, 2.45) is 0 Å². The Labute approximate surface area is 90.9 Å². The molecule has 15 heavy (non-hydrogen) atoms. The van der Waals surface area contributed by atoms with Gasteiger partial charge in [-0.15, -0.1) is 0 Å². The SMILES string of the molecule is CCC(=O)N1CCC[C@@H](NS(C)(=O)=O)C1. The minimum Gasteiger partial charge on any atom is -0.341 e. The maximum Gasteiger partial charge on any atom is 0.222 e. The van der Waals surface area contributed by atoms with E-state index in [-0.39, 0.29) is 11.9 Å². The second-order valence-corrected chi connectivity index (χ2v) is 5.70. The van der Waals surface area contributed by atoms with Gasteiger partial charge >= 0.3 is 0 Å². The third-order valence-electron chi connectivity index (χ3n) is 2.46. The molecule has 1 aliphatic heterocycles. The van der Waals surface area contributed by atoms with Gasteiger partial charge < -0.3 is 4.90 Å². The fourth-order valence-electron chi connectivity index (χ4n) is 1.83. The molecule has 1 heterocycles.